The van der Waals surface area contributed by atoms with E-state index in [0.29, 0.717) is 11.8 Å². The first-order valence-electron chi connectivity index (χ1n) is 7.36. The van der Waals surface area contributed by atoms with Gasteiger partial charge >= 0.3 is 5.97 Å². The number of carbonyl (C=O) groups is 4. The van der Waals surface area contributed by atoms with E-state index < -0.39 is 52.6 Å². The van der Waals surface area contributed by atoms with Gasteiger partial charge in [0.25, 0.3) is 0 Å². The molecule has 1 heterocycles. The van der Waals surface area contributed by atoms with E-state index in [1.807, 2.05) is 0 Å². The van der Waals surface area contributed by atoms with Gasteiger partial charge in [0.15, 0.2) is 5.54 Å². The topological polar surface area (TPSA) is 153 Å². The van der Waals surface area contributed by atoms with E-state index in [2.05, 4.69) is 10.6 Å². The summed E-state index contributed by atoms with van der Waals surface area (Å²) in [5.74, 6) is -3.20. The molecule has 0 saturated carbocycles. The Morgan fingerprint density at radius 3 is 2.38 bits per heavy atom. The number of hydrogen-bond donors (Lipinski definition) is 5. The molecule has 0 aromatic heterocycles. The fourth-order valence-electron chi connectivity index (χ4n) is 2.50. The molecule has 1 aliphatic heterocycles. The fourth-order valence-corrected chi connectivity index (χ4v) is 3.60. The van der Waals surface area contributed by atoms with E-state index in [4.69, 9.17) is 5.11 Å². The monoisotopic (exact) mass is 362 g/mol. The van der Waals surface area contributed by atoms with Crippen LogP contribution in [0, 0.1) is 5.92 Å². The molecule has 4 atom stereocenters. The molecule has 0 aromatic carbocycles. The first-order valence-corrected chi connectivity index (χ1v) is 8.35. The fraction of sp³-hybridized carbons (Fsp3) is 0.714. The Labute approximate surface area is 143 Å². The Bertz CT molecular complexity index is 539. The van der Waals surface area contributed by atoms with Gasteiger partial charge in [0, 0.05) is 12.7 Å². The third-order valence-electron chi connectivity index (χ3n) is 3.74. The smallest absolute Gasteiger partial charge is 0.327 e. The van der Waals surface area contributed by atoms with Crippen LogP contribution < -0.4 is 10.6 Å². The quantitative estimate of drug-likeness (QED) is 0.366. The summed E-state index contributed by atoms with van der Waals surface area (Å²) in [5.41, 5.74) is -1.89. The van der Waals surface area contributed by atoms with Crippen molar-refractivity contribution in [2.45, 2.75) is 51.0 Å². The van der Waals surface area contributed by atoms with Crippen LogP contribution >= 0.6 is 11.8 Å². The second-order valence-electron chi connectivity index (χ2n) is 6.02. The molecule has 136 valence electrons. The molecule has 9 nitrogen and oxygen atoms in total. The average molecular weight is 362 g/mol. The number of aliphatic hydroxyl groups is 2. The molecular formula is C14H22N2O7S. The first kappa shape index (κ1) is 20.4. The molecule has 0 aromatic rings. The summed E-state index contributed by atoms with van der Waals surface area (Å²) < 4.78 is 0. The summed E-state index contributed by atoms with van der Waals surface area (Å²) >= 11 is 0.533. The van der Waals surface area contributed by atoms with Gasteiger partial charge in [0.05, 0.1) is 18.6 Å². The maximum absolute atomic E-state index is 12.6. The van der Waals surface area contributed by atoms with Crippen LogP contribution in [0.4, 0.5) is 0 Å². The third-order valence-corrected chi connectivity index (χ3v) is 4.84. The molecule has 1 saturated heterocycles. The normalized spacial score (nSPS) is 25.9. The highest BCUT2D eigenvalue weighted by Gasteiger charge is 2.57. The molecule has 5 N–H and O–H groups in total. The zero-order chi connectivity index (χ0) is 18.7. The van der Waals surface area contributed by atoms with E-state index in [1.54, 1.807) is 13.8 Å². The highest BCUT2D eigenvalue weighted by atomic mass is 32.2. The number of aliphatic carboxylic acids is 1. The number of carbonyl (C=O) groups excluding carboxylic acids is 3. The molecule has 1 rings (SSSR count). The van der Waals surface area contributed by atoms with Gasteiger partial charge in [0.2, 0.25) is 16.9 Å². The molecule has 0 aliphatic carbocycles. The summed E-state index contributed by atoms with van der Waals surface area (Å²) in [6.07, 6.45) is -3.10. The lowest BCUT2D eigenvalue weighted by Crippen LogP contribution is -2.64. The lowest BCUT2D eigenvalue weighted by atomic mass is 9.83. The van der Waals surface area contributed by atoms with Gasteiger partial charge in [-0.1, -0.05) is 25.6 Å². The molecule has 1 fully saturated rings. The standard InChI is InChI=1S/C14H22N2O7S/c1-6(2)11(20)14(9(18)4-10(19)16-14)13(23)24-5-8(12(21)22)15-7(3)17/h6,8-9,11,18,20H,4-5H2,1-3H3,(H,15,17)(H,16,19)(H,21,22)/t8-,9-,11-,14+/m0/s1. The number of aliphatic hydroxyl groups excluding tert-OH is 2. The predicted molar refractivity (Wildman–Crippen MR) is 85.0 cm³/mol. The molecule has 0 spiro atoms. The summed E-state index contributed by atoms with van der Waals surface area (Å²) in [6.45, 7) is 4.39. The molecule has 2 amide bonds. The van der Waals surface area contributed by atoms with Crippen LogP contribution in [0.2, 0.25) is 0 Å². The Hall–Kier alpha value is -1.65. The number of thioether (sulfide) groups is 1. The number of carboxylic acids is 1. The number of hydrogen-bond acceptors (Lipinski definition) is 7. The van der Waals surface area contributed by atoms with Crippen molar-refractivity contribution in [3.63, 3.8) is 0 Å². The summed E-state index contributed by atoms with van der Waals surface area (Å²) in [5, 5.41) is 33.3. The Balaban J connectivity index is 2.96. The van der Waals surface area contributed by atoms with Crippen molar-refractivity contribution in [3.05, 3.63) is 0 Å². The third kappa shape index (κ3) is 4.25. The number of carboxylic acid groups (broad SMARTS) is 1. The van der Waals surface area contributed by atoms with Crippen LogP contribution in [-0.2, 0) is 19.2 Å². The maximum atomic E-state index is 12.6. The Kier molecular flexibility index (Phi) is 6.76. The van der Waals surface area contributed by atoms with E-state index in [-0.39, 0.29) is 12.2 Å². The Morgan fingerprint density at radius 2 is 2.00 bits per heavy atom. The molecule has 10 heteroatoms. The minimum Gasteiger partial charge on any atom is -0.480 e. The lowest BCUT2D eigenvalue weighted by Gasteiger charge is -2.37. The first-order chi connectivity index (χ1) is 11.0. The van der Waals surface area contributed by atoms with Gasteiger partial charge < -0.3 is 26.0 Å². The second kappa shape index (κ2) is 7.95. The molecule has 0 radical (unpaired) electrons. The number of nitrogens with one attached hydrogen (secondary N) is 2. The molecule has 0 unspecified atom stereocenters. The van der Waals surface area contributed by atoms with Gasteiger partial charge in [-0.05, 0) is 5.92 Å². The van der Waals surface area contributed by atoms with Crippen molar-refractivity contribution < 1.29 is 34.5 Å². The highest BCUT2D eigenvalue weighted by molar-refractivity contribution is 8.13. The van der Waals surface area contributed by atoms with Gasteiger partial charge in [-0.3, -0.25) is 14.4 Å². The molecule has 0 bridgehead atoms. The zero-order valence-electron chi connectivity index (χ0n) is 13.6. The van der Waals surface area contributed by atoms with E-state index in [0.717, 1.165) is 6.92 Å². The van der Waals surface area contributed by atoms with Crippen LogP contribution in [0.3, 0.4) is 0 Å². The summed E-state index contributed by atoms with van der Waals surface area (Å²) in [6, 6.07) is -1.31. The van der Waals surface area contributed by atoms with Gasteiger partial charge in [-0.15, -0.1) is 0 Å². The van der Waals surface area contributed by atoms with Crippen molar-refractivity contribution in [3.8, 4) is 0 Å². The number of amides is 2. The largest absolute Gasteiger partial charge is 0.480 e. The van der Waals surface area contributed by atoms with Crippen molar-refractivity contribution in [2.24, 2.45) is 5.92 Å². The SMILES string of the molecule is CC(=O)N[C@@H](CSC(=O)[C@@]1([C@@H](O)C(C)C)NC(=O)C[C@@H]1O)C(=O)O. The second-order valence-corrected chi connectivity index (χ2v) is 7.01. The van der Waals surface area contributed by atoms with E-state index >= 15 is 0 Å². The predicted octanol–water partition coefficient (Wildman–Crippen LogP) is -1.53. The van der Waals surface area contributed by atoms with E-state index in [1.165, 1.54) is 0 Å². The van der Waals surface area contributed by atoms with Crippen molar-refractivity contribution in [2.75, 3.05) is 5.75 Å². The van der Waals surface area contributed by atoms with Crippen LogP contribution in [0.25, 0.3) is 0 Å². The van der Waals surface area contributed by atoms with Crippen molar-refractivity contribution in [1.82, 2.24) is 10.6 Å². The van der Waals surface area contributed by atoms with Crippen molar-refractivity contribution in [1.29, 1.82) is 0 Å². The van der Waals surface area contributed by atoms with Gasteiger partial charge in [-0.2, -0.15) is 0 Å². The lowest BCUT2D eigenvalue weighted by molar-refractivity contribution is -0.140. The zero-order valence-corrected chi connectivity index (χ0v) is 14.4. The van der Waals surface area contributed by atoms with Crippen molar-refractivity contribution >= 4 is 34.7 Å². The molecular weight excluding hydrogens is 340 g/mol. The average Bonchev–Trinajstić information content (AvgIpc) is 2.77. The van der Waals surface area contributed by atoms with Crippen LogP contribution in [0.1, 0.15) is 27.2 Å². The molecule has 1 aliphatic rings. The van der Waals surface area contributed by atoms with Gasteiger partial charge in [-0.25, -0.2) is 4.79 Å². The van der Waals surface area contributed by atoms with Crippen LogP contribution in [-0.4, -0.2) is 67.8 Å². The number of rotatable bonds is 7. The highest BCUT2D eigenvalue weighted by Crippen LogP contribution is 2.33. The minimum atomic E-state index is -1.89. The summed E-state index contributed by atoms with van der Waals surface area (Å²) in [7, 11) is 0. The van der Waals surface area contributed by atoms with Crippen LogP contribution in [0.15, 0.2) is 0 Å². The minimum absolute atomic E-state index is 0.303. The Morgan fingerprint density at radius 1 is 1.42 bits per heavy atom. The van der Waals surface area contributed by atoms with E-state index in [9.17, 15) is 29.4 Å². The molecule has 24 heavy (non-hydrogen) atoms. The summed E-state index contributed by atoms with van der Waals surface area (Å²) in [4.78, 5) is 46.3. The van der Waals surface area contributed by atoms with Crippen LogP contribution in [0.5, 0.6) is 0 Å². The van der Waals surface area contributed by atoms with Gasteiger partial charge in [0.1, 0.15) is 6.04 Å². The maximum Gasteiger partial charge on any atom is 0.327 e.